The van der Waals surface area contributed by atoms with Crippen LogP contribution in [-0.2, 0) is 9.84 Å². The molecule has 10 heteroatoms. The minimum Gasteiger partial charge on any atom is -0.344 e. The van der Waals surface area contributed by atoms with Crippen LogP contribution in [0.1, 0.15) is 27.5 Å². The van der Waals surface area contributed by atoms with Crippen molar-refractivity contribution < 1.29 is 22.0 Å². The maximum Gasteiger partial charge on any atom is 0.255 e. The van der Waals surface area contributed by atoms with Gasteiger partial charge in [0.25, 0.3) is 5.91 Å². The van der Waals surface area contributed by atoms with Crippen LogP contribution in [0.2, 0.25) is 5.02 Å². The molecule has 1 aromatic heterocycles. The van der Waals surface area contributed by atoms with Gasteiger partial charge in [-0.25, -0.2) is 17.2 Å². The quantitative estimate of drug-likeness (QED) is 0.593. The smallest absolute Gasteiger partial charge is 0.255 e. The maximum absolute atomic E-state index is 14.4. The molecule has 0 fully saturated rings. The maximum atomic E-state index is 14.4. The number of benzene rings is 2. The van der Waals surface area contributed by atoms with Gasteiger partial charge < -0.3 is 5.32 Å². The molecule has 3 rings (SSSR count). The fraction of sp³-hybridized carbons (Fsp3) is 0.200. The van der Waals surface area contributed by atoms with Crippen LogP contribution >= 0.6 is 11.6 Å². The minimum absolute atomic E-state index is 0.00815. The van der Waals surface area contributed by atoms with Crippen LogP contribution < -0.4 is 5.32 Å². The van der Waals surface area contributed by atoms with E-state index in [9.17, 15) is 22.0 Å². The Morgan fingerprint density at radius 1 is 1.23 bits per heavy atom. The summed E-state index contributed by atoms with van der Waals surface area (Å²) in [6.45, 7) is 1.38. The van der Waals surface area contributed by atoms with E-state index in [4.69, 9.17) is 11.6 Å². The second kappa shape index (κ2) is 8.53. The normalized spacial score (nSPS) is 12.6. The van der Waals surface area contributed by atoms with Gasteiger partial charge in [-0.05, 0) is 42.3 Å². The van der Waals surface area contributed by atoms with Crippen molar-refractivity contribution >= 4 is 27.3 Å². The van der Waals surface area contributed by atoms with E-state index in [2.05, 4.69) is 15.5 Å². The van der Waals surface area contributed by atoms with Crippen molar-refractivity contribution in [3.8, 4) is 11.3 Å². The number of amides is 1. The number of sulfone groups is 1. The van der Waals surface area contributed by atoms with Gasteiger partial charge in [-0.1, -0.05) is 23.7 Å². The molecule has 1 atom stereocenters. The molecular formula is C20H18ClF2N3O3S. The van der Waals surface area contributed by atoms with Crippen LogP contribution in [0.25, 0.3) is 11.3 Å². The third-order valence-corrected chi connectivity index (χ3v) is 5.68. The predicted octanol–water partition coefficient (Wildman–Crippen LogP) is 3.83. The fourth-order valence-electron chi connectivity index (χ4n) is 3.09. The molecule has 0 saturated carbocycles. The zero-order chi connectivity index (χ0) is 22.1. The first-order valence-corrected chi connectivity index (χ1v) is 11.2. The highest BCUT2D eigenvalue weighted by atomic mass is 35.5. The molecule has 30 heavy (non-hydrogen) atoms. The summed E-state index contributed by atoms with van der Waals surface area (Å²) < 4.78 is 52.1. The number of rotatable bonds is 6. The van der Waals surface area contributed by atoms with Crippen LogP contribution in [0, 0.1) is 18.6 Å². The van der Waals surface area contributed by atoms with Gasteiger partial charge in [0, 0.05) is 16.8 Å². The Labute approximate surface area is 177 Å². The van der Waals surface area contributed by atoms with E-state index >= 15 is 0 Å². The van der Waals surface area contributed by atoms with E-state index in [0.717, 1.165) is 18.4 Å². The van der Waals surface area contributed by atoms with Gasteiger partial charge in [0.2, 0.25) is 0 Å². The summed E-state index contributed by atoms with van der Waals surface area (Å²) in [4.78, 5) is 12.9. The molecule has 0 radical (unpaired) electrons. The Morgan fingerprint density at radius 2 is 1.93 bits per heavy atom. The van der Waals surface area contributed by atoms with Crippen molar-refractivity contribution in [3.05, 3.63) is 75.9 Å². The van der Waals surface area contributed by atoms with Crippen molar-refractivity contribution in [2.24, 2.45) is 0 Å². The molecule has 6 nitrogen and oxygen atoms in total. The largest absolute Gasteiger partial charge is 0.344 e. The number of nitrogens with zero attached hydrogens (tertiary/aromatic N) is 1. The second-order valence-electron chi connectivity index (χ2n) is 6.86. The van der Waals surface area contributed by atoms with Gasteiger partial charge in [0.15, 0.2) is 0 Å². The van der Waals surface area contributed by atoms with E-state index in [-0.39, 0.29) is 28.1 Å². The zero-order valence-corrected chi connectivity index (χ0v) is 17.6. The Balaban J connectivity index is 1.99. The number of aromatic amines is 1. The summed E-state index contributed by atoms with van der Waals surface area (Å²) in [7, 11) is -3.47. The third-order valence-electron chi connectivity index (χ3n) is 4.51. The van der Waals surface area contributed by atoms with Crippen molar-refractivity contribution in [1.29, 1.82) is 0 Å². The average molecular weight is 454 g/mol. The number of hydrogen-bond acceptors (Lipinski definition) is 4. The standard InChI is InChI=1S/C20H18ClF2N3O3S/c1-11-15(22)6-7-16(23)18(11)19-14(9-24-26-19)20(27)25-17(10-30(2,28)29)12-4-3-5-13(21)8-12/h3-9,17H,10H2,1-2H3,(H,24,26)(H,25,27)/t17-/m1/s1. The molecule has 0 saturated heterocycles. The van der Waals surface area contributed by atoms with Gasteiger partial charge in [-0.3, -0.25) is 9.89 Å². The van der Waals surface area contributed by atoms with E-state index in [1.165, 1.54) is 13.1 Å². The molecule has 3 aromatic rings. The lowest BCUT2D eigenvalue weighted by molar-refractivity contribution is 0.0941. The summed E-state index contributed by atoms with van der Waals surface area (Å²) in [5.74, 6) is -2.44. The van der Waals surface area contributed by atoms with Gasteiger partial charge in [0.1, 0.15) is 21.5 Å². The van der Waals surface area contributed by atoms with E-state index < -0.39 is 33.4 Å². The average Bonchev–Trinajstić information content (AvgIpc) is 3.13. The first-order chi connectivity index (χ1) is 14.1. The molecule has 0 aliphatic heterocycles. The highest BCUT2D eigenvalue weighted by Gasteiger charge is 2.25. The summed E-state index contributed by atoms with van der Waals surface area (Å²) in [5, 5.41) is 9.32. The fourth-order valence-corrected chi connectivity index (χ4v) is 4.17. The second-order valence-corrected chi connectivity index (χ2v) is 9.48. The lowest BCUT2D eigenvalue weighted by atomic mass is 10.0. The molecule has 2 N–H and O–H groups in total. The number of aromatic nitrogens is 2. The van der Waals surface area contributed by atoms with Crippen molar-refractivity contribution in [2.45, 2.75) is 13.0 Å². The predicted molar refractivity (Wildman–Crippen MR) is 110 cm³/mol. The molecule has 0 unspecified atom stereocenters. The van der Waals surface area contributed by atoms with Crippen LogP contribution in [0.15, 0.2) is 42.6 Å². The molecule has 0 spiro atoms. The minimum atomic E-state index is -3.47. The first-order valence-electron chi connectivity index (χ1n) is 8.79. The number of H-pyrrole nitrogens is 1. The molecular weight excluding hydrogens is 436 g/mol. The first kappa shape index (κ1) is 21.9. The van der Waals surface area contributed by atoms with Crippen LogP contribution in [0.3, 0.4) is 0 Å². The Hall–Kier alpha value is -2.78. The number of nitrogens with one attached hydrogen (secondary N) is 2. The summed E-state index contributed by atoms with van der Waals surface area (Å²) >= 11 is 6.00. The van der Waals surface area contributed by atoms with Crippen LogP contribution in [0.5, 0.6) is 0 Å². The molecule has 2 aromatic carbocycles. The number of carbonyl (C=O) groups is 1. The Bertz CT molecular complexity index is 1210. The highest BCUT2D eigenvalue weighted by molar-refractivity contribution is 7.90. The molecule has 0 aliphatic carbocycles. The van der Waals surface area contributed by atoms with E-state index in [1.54, 1.807) is 24.3 Å². The van der Waals surface area contributed by atoms with E-state index in [1.807, 2.05) is 0 Å². The summed E-state index contributed by atoms with van der Waals surface area (Å²) in [5.41, 5.74) is 0.310. The number of halogens is 3. The highest BCUT2D eigenvalue weighted by Crippen LogP contribution is 2.30. The Morgan fingerprint density at radius 3 is 2.60 bits per heavy atom. The van der Waals surface area contributed by atoms with Gasteiger partial charge in [-0.2, -0.15) is 5.10 Å². The Kier molecular flexibility index (Phi) is 6.23. The monoisotopic (exact) mass is 453 g/mol. The zero-order valence-electron chi connectivity index (χ0n) is 16.0. The molecule has 1 amide bonds. The van der Waals surface area contributed by atoms with Crippen molar-refractivity contribution in [3.63, 3.8) is 0 Å². The lowest BCUT2D eigenvalue weighted by Crippen LogP contribution is -2.33. The van der Waals surface area contributed by atoms with Crippen molar-refractivity contribution in [2.75, 3.05) is 12.0 Å². The van der Waals surface area contributed by atoms with Crippen LogP contribution in [-0.4, -0.2) is 36.5 Å². The topological polar surface area (TPSA) is 91.9 Å². The molecule has 0 aliphatic rings. The van der Waals surface area contributed by atoms with E-state index in [0.29, 0.717) is 10.6 Å². The molecule has 158 valence electrons. The van der Waals surface area contributed by atoms with Gasteiger partial charge >= 0.3 is 0 Å². The molecule has 0 bridgehead atoms. The van der Waals surface area contributed by atoms with Crippen molar-refractivity contribution in [1.82, 2.24) is 15.5 Å². The number of hydrogen-bond donors (Lipinski definition) is 2. The molecule has 1 heterocycles. The van der Waals surface area contributed by atoms with Gasteiger partial charge in [-0.15, -0.1) is 0 Å². The third kappa shape index (κ3) is 4.85. The van der Waals surface area contributed by atoms with Gasteiger partial charge in [0.05, 0.1) is 29.2 Å². The lowest BCUT2D eigenvalue weighted by Gasteiger charge is -2.19. The SMILES string of the molecule is Cc1c(F)ccc(F)c1-c1[nH]ncc1C(=O)N[C@H](CS(C)(=O)=O)c1cccc(Cl)c1. The summed E-state index contributed by atoms with van der Waals surface area (Å²) in [6.07, 6.45) is 2.22. The van der Waals surface area contributed by atoms with Crippen LogP contribution in [0.4, 0.5) is 8.78 Å². The number of carbonyl (C=O) groups excluding carboxylic acids is 1. The summed E-state index contributed by atoms with van der Waals surface area (Å²) in [6, 6.07) is 7.47.